The molecule has 0 radical (unpaired) electrons. The number of nitrogens with zero attached hydrogens (tertiary/aromatic N) is 7. The van der Waals surface area contributed by atoms with Crippen molar-refractivity contribution >= 4 is 58.7 Å². The second-order valence-electron chi connectivity index (χ2n) is 9.56. The number of carbonyl (C=O) groups excluding carboxylic acids is 1. The number of anilines is 1. The van der Waals surface area contributed by atoms with Crippen LogP contribution in [-0.2, 0) is 4.79 Å². The zero-order valence-corrected chi connectivity index (χ0v) is 23.4. The Bertz CT molecular complexity index is 1370. The van der Waals surface area contributed by atoms with Crippen LogP contribution >= 0.6 is 31.4 Å². The van der Waals surface area contributed by atoms with Crippen molar-refractivity contribution in [3.63, 3.8) is 0 Å². The number of amides is 1. The second-order valence-corrected chi connectivity index (χ2v) is 14.6. The zero-order valence-electron chi connectivity index (χ0n) is 20.4. The number of hydrogen-bond donors (Lipinski definition) is 0. The van der Waals surface area contributed by atoms with Crippen molar-refractivity contribution in [2.45, 2.75) is 38.6 Å². The van der Waals surface area contributed by atoms with Crippen molar-refractivity contribution in [1.29, 1.82) is 0 Å². The van der Waals surface area contributed by atoms with Gasteiger partial charge >= 0.3 is 205 Å². The number of halogens is 2. The van der Waals surface area contributed by atoms with Crippen LogP contribution in [-0.4, -0.2) is 62.0 Å². The van der Waals surface area contributed by atoms with E-state index < -0.39 is 19.8 Å². The summed E-state index contributed by atoms with van der Waals surface area (Å²) in [5.74, 6) is 1.50. The fraction of sp³-hybridized carbons (Fsp3) is 0.423. The third-order valence-corrected chi connectivity index (χ3v) is 12.8. The van der Waals surface area contributed by atoms with Crippen molar-refractivity contribution < 1.29 is 4.79 Å². The number of aromatic nitrogens is 3. The van der Waals surface area contributed by atoms with Crippen LogP contribution in [0.15, 0.2) is 53.3 Å². The number of carbonyl (C=O) groups is 1. The number of fused-ring (bicyclic) bond motifs is 2. The predicted octanol–water partition coefficient (Wildman–Crippen LogP) is 5.03. The van der Waals surface area contributed by atoms with Crippen molar-refractivity contribution in [3.05, 3.63) is 54.6 Å². The topological polar surface area (TPSA) is 78.5 Å². The summed E-state index contributed by atoms with van der Waals surface area (Å²) in [5.41, 5.74) is 2.80. The number of allylic oxidation sites excluding steroid dienone is 3. The molecule has 8 nitrogen and oxygen atoms in total. The van der Waals surface area contributed by atoms with Gasteiger partial charge in [-0.1, -0.05) is 0 Å². The zero-order chi connectivity index (χ0) is 24.8. The van der Waals surface area contributed by atoms with Gasteiger partial charge in [0.25, 0.3) is 0 Å². The number of rotatable bonds is 4. The van der Waals surface area contributed by atoms with Gasteiger partial charge in [0.2, 0.25) is 0 Å². The second kappa shape index (κ2) is 9.74. The molecule has 4 aliphatic rings. The summed E-state index contributed by atoms with van der Waals surface area (Å²) in [6, 6.07) is 1.96. The van der Waals surface area contributed by atoms with E-state index in [0.29, 0.717) is 17.6 Å². The first-order valence-electron chi connectivity index (χ1n) is 12.4. The molecule has 0 aromatic carbocycles. The summed E-state index contributed by atoms with van der Waals surface area (Å²) >= 11 is 4.53. The molecule has 6 heterocycles. The molecule has 4 aliphatic heterocycles. The first-order valence-corrected chi connectivity index (χ1v) is 16.2. The van der Waals surface area contributed by atoms with Gasteiger partial charge in [-0.25, -0.2) is 0 Å². The molecule has 2 fully saturated rings. The first-order chi connectivity index (χ1) is 17.5. The quantitative estimate of drug-likeness (QED) is 0.274. The van der Waals surface area contributed by atoms with E-state index in [-0.39, 0.29) is 11.9 Å². The van der Waals surface area contributed by atoms with Crippen molar-refractivity contribution in [2.75, 3.05) is 31.6 Å². The van der Waals surface area contributed by atoms with Crippen LogP contribution in [0, 0.1) is 12.8 Å². The van der Waals surface area contributed by atoms with E-state index in [4.69, 9.17) is 21.7 Å². The van der Waals surface area contributed by atoms with Crippen molar-refractivity contribution in [1.82, 2.24) is 19.5 Å². The standard InChI is InChI=1S/C26H29ClIN7O/c1-17-15-35-22(31-25(17)33-12-9-18(16-33)14-29-2)13-19(32-35)20-7-4-6-11-34(20)26(36)23-24(27)30-21-8-3-5-10-28(21)23/h3,5,8,10,13-15,18,20H,4,6-7,9,11-12,16H2,1-2H3/t18-,20+/m1/s1. The van der Waals surface area contributed by atoms with E-state index in [1.165, 1.54) is 0 Å². The van der Waals surface area contributed by atoms with Crippen LogP contribution in [0.5, 0.6) is 0 Å². The van der Waals surface area contributed by atoms with Gasteiger partial charge in [-0.2, -0.15) is 0 Å². The third-order valence-electron chi connectivity index (χ3n) is 7.14. The molecule has 6 rings (SSSR count). The molecule has 0 spiro atoms. The fourth-order valence-electron chi connectivity index (χ4n) is 5.45. The monoisotopic (exact) mass is 617 g/mol. The molecule has 2 atom stereocenters. The summed E-state index contributed by atoms with van der Waals surface area (Å²) in [6.45, 7) is 4.70. The average molecular weight is 618 g/mol. The molecular weight excluding hydrogens is 589 g/mol. The van der Waals surface area contributed by atoms with Crippen LogP contribution in [0.2, 0.25) is 0 Å². The van der Waals surface area contributed by atoms with Crippen LogP contribution in [0.4, 0.5) is 5.82 Å². The predicted molar refractivity (Wildman–Crippen MR) is 153 cm³/mol. The Morgan fingerprint density at radius 2 is 2.14 bits per heavy atom. The number of hydrogen-bond acceptors (Lipinski definition) is 6. The molecule has 2 saturated heterocycles. The first kappa shape index (κ1) is 23.8. The summed E-state index contributed by atoms with van der Waals surface area (Å²) in [7, 11) is 1.83. The van der Waals surface area contributed by atoms with Gasteiger partial charge in [-0.05, 0) is 0 Å². The Balaban J connectivity index is 1.29. The van der Waals surface area contributed by atoms with Crippen LogP contribution in [0.1, 0.15) is 43.0 Å². The van der Waals surface area contributed by atoms with Gasteiger partial charge < -0.3 is 4.99 Å². The Kier molecular flexibility index (Phi) is 6.45. The van der Waals surface area contributed by atoms with Gasteiger partial charge in [0.1, 0.15) is 0 Å². The summed E-state index contributed by atoms with van der Waals surface area (Å²) in [4.78, 5) is 31.9. The number of aryl methyl sites for hydroxylation is 1. The fourth-order valence-corrected chi connectivity index (χ4v) is 10.7. The van der Waals surface area contributed by atoms with E-state index in [1.54, 1.807) is 0 Å². The molecule has 0 bridgehead atoms. The molecule has 2 aromatic heterocycles. The average Bonchev–Trinajstić information content (AvgIpc) is 3.59. The van der Waals surface area contributed by atoms with Crippen LogP contribution in [0.3, 0.4) is 0 Å². The molecular formula is C26H29ClIN7O. The molecule has 0 aliphatic carbocycles. The van der Waals surface area contributed by atoms with E-state index in [0.717, 1.165) is 68.8 Å². The van der Waals surface area contributed by atoms with Gasteiger partial charge in [-0.15, -0.1) is 0 Å². The Morgan fingerprint density at radius 1 is 1.25 bits per heavy atom. The van der Waals surface area contributed by atoms with Crippen LogP contribution in [0.25, 0.3) is 5.65 Å². The molecule has 2 aromatic rings. The molecule has 0 unspecified atom stereocenters. The Hall–Kier alpha value is -2.53. The SMILES string of the molecule is CN=C[C@H]1CCN(c2nc3cc([C@@H]4CCCCN4C(=O)C4=C(Cl)N=C5C=CC=CI54)nn3cc2C)C1. The van der Waals surface area contributed by atoms with Crippen molar-refractivity contribution in [2.24, 2.45) is 15.9 Å². The third kappa shape index (κ3) is 4.19. The van der Waals surface area contributed by atoms with E-state index >= 15 is 0 Å². The maximum atomic E-state index is 13.9. The summed E-state index contributed by atoms with van der Waals surface area (Å²) in [5, 5.41) is 5.27. The number of piperidine rings is 1. The maximum absolute atomic E-state index is 13.9. The molecule has 10 heteroatoms. The molecule has 0 N–H and O–H groups in total. The Morgan fingerprint density at radius 3 is 3.00 bits per heavy atom. The molecule has 1 amide bonds. The van der Waals surface area contributed by atoms with Crippen molar-refractivity contribution in [3.8, 4) is 0 Å². The van der Waals surface area contributed by atoms with E-state index in [9.17, 15) is 4.79 Å². The normalized spacial score (nSPS) is 25.0. The van der Waals surface area contributed by atoms with Gasteiger partial charge in [0.05, 0.1) is 0 Å². The van der Waals surface area contributed by atoms with E-state index in [2.05, 4.69) is 38.2 Å². The van der Waals surface area contributed by atoms with E-state index in [1.807, 2.05) is 40.9 Å². The minimum atomic E-state index is -2.00. The minimum absolute atomic E-state index is 0.0242. The summed E-state index contributed by atoms with van der Waals surface area (Å²) in [6.07, 6.45) is 14.1. The molecule has 36 heavy (non-hydrogen) atoms. The molecule has 0 saturated carbocycles. The van der Waals surface area contributed by atoms with Gasteiger partial charge in [0.15, 0.2) is 0 Å². The van der Waals surface area contributed by atoms with Crippen LogP contribution < -0.4 is 4.90 Å². The number of likely N-dealkylation sites (tertiary alicyclic amines) is 1. The van der Waals surface area contributed by atoms with Gasteiger partial charge in [0, 0.05) is 13.3 Å². The Labute approximate surface area is 222 Å². The molecule has 188 valence electrons. The number of aliphatic imine (C=N–C) groups is 2. The summed E-state index contributed by atoms with van der Waals surface area (Å²) < 4.78 is 5.72. The van der Waals surface area contributed by atoms with Gasteiger partial charge in [-0.3, -0.25) is 0 Å².